The third kappa shape index (κ3) is 4.94. The van der Waals surface area contributed by atoms with Gasteiger partial charge in [0, 0.05) is 13.0 Å². The highest BCUT2D eigenvalue weighted by atomic mass is 16.6. The lowest BCUT2D eigenvalue weighted by Gasteiger charge is -2.32. The highest BCUT2D eigenvalue weighted by molar-refractivity contribution is 6.05. The van der Waals surface area contributed by atoms with E-state index < -0.39 is 18.1 Å². The molecule has 2 aromatic rings. The van der Waals surface area contributed by atoms with Gasteiger partial charge < -0.3 is 9.47 Å². The number of ketones is 1. The van der Waals surface area contributed by atoms with E-state index in [9.17, 15) is 14.4 Å². The molecule has 1 aliphatic heterocycles. The first kappa shape index (κ1) is 18.6. The number of piperidine rings is 1. The minimum absolute atomic E-state index is 0.0519. The Morgan fingerprint density at radius 3 is 2.04 bits per heavy atom. The molecule has 6 nitrogen and oxygen atoms in total. The van der Waals surface area contributed by atoms with Crippen LogP contribution in [-0.4, -0.2) is 35.3 Å². The second-order valence-electron chi connectivity index (χ2n) is 6.30. The number of rotatable bonds is 5. The van der Waals surface area contributed by atoms with Crippen molar-refractivity contribution in [1.82, 2.24) is 4.90 Å². The van der Waals surface area contributed by atoms with Gasteiger partial charge in [0.2, 0.25) is 0 Å². The number of ether oxygens (including phenoxy) is 2. The van der Waals surface area contributed by atoms with E-state index in [-0.39, 0.29) is 32.0 Å². The molecule has 0 bridgehead atoms. The number of benzene rings is 2. The van der Waals surface area contributed by atoms with E-state index in [1.54, 1.807) is 0 Å². The summed E-state index contributed by atoms with van der Waals surface area (Å²) < 4.78 is 10.6. The van der Waals surface area contributed by atoms with Crippen molar-refractivity contribution in [2.45, 2.75) is 32.1 Å². The van der Waals surface area contributed by atoms with E-state index in [0.29, 0.717) is 6.42 Å². The lowest BCUT2D eigenvalue weighted by molar-refractivity contribution is -0.155. The number of carbonyl (C=O) groups is 3. The van der Waals surface area contributed by atoms with E-state index in [1.165, 1.54) is 4.90 Å². The lowest BCUT2D eigenvalue weighted by Crippen LogP contribution is -2.53. The van der Waals surface area contributed by atoms with Gasteiger partial charge in [-0.3, -0.25) is 9.69 Å². The molecule has 1 aliphatic rings. The van der Waals surface area contributed by atoms with Crippen LogP contribution in [0.1, 0.15) is 24.0 Å². The Labute approximate surface area is 157 Å². The molecule has 0 N–H and O–H groups in total. The predicted molar refractivity (Wildman–Crippen MR) is 97.6 cm³/mol. The van der Waals surface area contributed by atoms with Gasteiger partial charge >= 0.3 is 12.1 Å². The number of hydrogen-bond donors (Lipinski definition) is 0. The molecule has 0 radical (unpaired) electrons. The third-order valence-electron chi connectivity index (χ3n) is 4.33. The van der Waals surface area contributed by atoms with Crippen LogP contribution in [0.5, 0.6) is 0 Å². The predicted octanol–water partition coefficient (Wildman–Crippen LogP) is 3.10. The van der Waals surface area contributed by atoms with E-state index in [2.05, 4.69) is 0 Å². The number of nitrogens with zero attached hydrogens (tertiary/aromatic N) is 1. The SMILES string of the molecule is O=C1CCCN(C(=O)OCc2ccccc2)C1C(=O)OCc1ccccc1. The average molecular weight is 367 g/mol. The van der Waals surface area contributed by atoms with Crippen molar-refractivity contribution in [2.75, 3.05) is 6.54 Å². The Bertz CT molecular complexity index is 791. The zero-order chi connectivity index (χ0) is 19.1. The highest BCUT2D eigenvalue weighted by Gasteiger charge is 2.40. The van der Waals surface area contributed by atoms with Crippen LogP contribution in [0.4, 0.5) is 4.79 Å². The van der Waals surface area contributed by atoms with Crippen LogP contribution in [0.2, 0.25) is 0 Å². The van der Waals surface area contributed by atoms with E-state index in [0.717, 1.165) is 11.1 Å². The average Bonchev–Trinajstić information content (AvgIpc) is 2.71. The molecule has 1 amide bonds. The van der Waals surface area contributed by atoms with Crippen LogP contribution in [-0.2, 0) is 32.3 Å². The molecule has 140 valence electrons. The first-order chi connectivity index (χ1) is 13.1. The summed E-state index contributed by atoms with van der Waals surface area (Å²) in [7, 11) is 0. The summed E-state index contributed by atoms with van der Waals surface area (Å²) in [4.78, 5) is 38.4. The van der Waals surface area contributed by atoms with Crippen LogP contribution in [0.15, 0.2) is 60.7 Å². The molecule has 3 rings (SSSR count). The van der Waals surface area contributed by atoms with Gasteiger partial charge in [-0.05, 0) is 17.5 Å². The number of esters is 1. The van der Waals surface area contributed by atoms with Gasteiger partial charge in [-0.2, -0.15) is 0 Å². The molecular formula is C21H21NO5. The monoisotopic (exact) mass is 367 g/mol. The molecule has 1 fully saturated rings. The number of carbonyl (C=O) groups excluding carboxylic acids is 3. The maximum absolute atomic E-state index is 12.5. The number of likely N-dealkylation sites (tertiary alicyclic amines) is 1. The van der Waals surface area contributed by atoms with Gasteiger partial charge in [0.05, 0.1) is 0 Å². The number of hydrogen-bond acceptors (Lipinski definition) is 5. The molecule has 0 saturated carbocycles. The van der Waals surface area contributed by atoms with Crippen molar-refractivity contribution in [2.24, 2.45) is 0 Å². The van der Waals surface area contributed by atoms with Gasteiger partial charge in [0.25, 0.3) is 0 Å². The van der Waals surface area contributed by atoms with Crippen molar-refractivity contribution >= 4 is 17.8 Å². The first-order valence-electron chi connectivity index (χ1n) is 8.86. The fourth-order valence-electron chi connectivity index (χ4n) is 2.93. The minimum atomic E-state index is -1.24. The zero-order valence-corrected chi connectivity index (χ0v) is 14.9. The van der Waals surface area contributed by atoms with Crippen molar-refractivity contribution in [1.29, 1.82) is 0 Å². The van der Waals surface area contributed by atoms with Crippen LogP contribution in [0, 0.1) is 0 Å². The van der Waals surface area contributed by atoms with Gasteiger partial charge in [-0.25, -0.2) is 9.59 Å². The molecule has 0 spiro atoms. The summed E-state index contributed by atoms with van der Waals surface area (Å²) in [5.41, 5.74) is 1.64. The Balaban J connectivity index is 1.62. The van der Waals surface area contributed by atoms with Gasteiger partial charge in [0.15, 0.2) is 11.8 Å². The van der Waals surface area contributed by atoms with Gasteiger partial charge in [-0.15, -0.1) is 0 Å². The molecule has 1 unspecified atom stereocenters. The normalized spacial score (nSPS) is 16.7. The third-order valence-corrected chi connectivity index (χ3v) is 4.33. The van der Waals surface area contributed by atoms with Gasteiger partial charge in [0.1, 0.15) is 13.2 Å². The van der Waals surface area contributed by atoms with Crippen molar-refractivity contribution < 1.29 is 23.9 Å². The second-order valence-corrected chi connectivity index (χ2v) is 6.30. The Kier molecular flexibility index (Phi) is 6.20. The second kappa shape index (κ2) is 8.98. The molecule has 1 heterocycles. The summed E-state index contributed by atoms with van der Waals surface area (Å²) in [6.45, 7) is 0.414. The largest absolute Gasteiger partial charge is 0.459 e. The van der Waals surface area contributed by atoms with Crippen molar-refractivity contribution in [3.05, 3.63) is 71.8 Å². The Morgan fingerprint density at radius 1 is 0.889 bits per heavy atom. The quantitative estimate of drug-likeness (QED) is 0.600. The minimum Gasteiger partial charge on any atom is -0.459 e. The van der Waals surface area contributed by atoms with Crippen molar-refractivity contribution in [3.63, 3.8) is 0 Å². The lowest BCUT2D eigenvalue weighted by atomic mass is 10.0. The fourth-order valence-corrected chi connectivity index (χ4v) is 2.93. The highest BCUT2D eigenvalue weighted by Crippen LogP contribution is 2.18. The Morgan fingerprint density at radius 2 is 1.44 bits per heavy atom. The van der Waals surface area contributed by atoms with E-state index in [4.69, 9.17) is 9.47 Å². The topological polar surface area (TPSA) is 72.9 Å². The molecule has 0 aliphatic carbocycles. The van der Waals surface area contributed by atoms with E-state index in [1.807, 2.05) is 60.7 Å². The van der Waals surface area contributed by atoms with Crippen LogP contribution in [0.25, 0.3) is 0 Å². The van der Waals surface area contributed by atoms with Crippen LogP contribution < -0.4 is 0 Å². The van der Waals surface area contributed by atoms with E-state index >= 15 is 0 Å². The molecular weight excluding hydrogens is 346 g/mol. The molecule has 2 aromatic carbocycles. The summed E-state index contributed by atoms with van der Waals surface area (Å²) >= 11 is 0. The standard InChI is InChI=1S/C21H21NO5/c23-18-12-7-13-22(21(25)27-15-17-10-5-2-6-11-17)19(18)20(24)26-14-16-8-3-1-4-9-16/h1-6,8-11,19H,7,12-15H2. The number of Topliss-reactive ketones (excluding diaryl/α,β-unsaturated/α-hetero) is 1. The van der Waals surface area contributed by atoms with Crippen LogP contribution >= 0.6 is 0 Å². The molecule has 0 aromatic heterocycles. The molecule has 6 heteroatoms. The van der Waals surface area contributed by atoms with Crippen LogP contribution in [0.3, 0.4) is 0 Å². The molecule has 27 heavy (non-hydrogen) atoms. The summed E-state index contributed by atoms with van der Waals surface area (Å²) in [5.74, 6) is -1.05. The molecule has 1 atom stereocenters. The van der Waals surface area contributed by atoms with Gasteiger partial charge in [-0.1, -0.05) is 60.7 Å². The van der Waals surface area contributed by atoms with Crippen molar-refractivity contribution in [3.8, 4) is 0 Å². The number of amides is 1. The summed E-state index contributed by atoms with van der Waals surface area (Å²) in [5, 5.41) is 0. The maximum atomic E-state index is 12.5. The zero-order valence-electron chi connectivity index (χ0n) is 14.9. The summed E-state index contributed by atoms with van der Waals surface area (Å²) in [6, 6.07) is 17.2. The summed E-state index contributed by atoms with van der Waals surface area (Å²) in [6.07, 6.45) is 0.0588. The Hall–Kier alpha value is -3.15. The smallest absolute Gasteiger partial charge is 0.411 e. The maximum Gasteiger partial charge on any atom is 0.411 e. The molecule has 1 saturated heterocycles. The first-order valence-corrected chi connectivity index (χ1v) is 8.86. The fraction of sp³-hybridized carbons (Fsp3) is 0.286.